The van der Waals surface area contributed by atoms with Crippen molar-refractivity contribution in [2.75, 3.05) is 0 Å². The normalized spacial score (nSPS) is 11.3. The summed E-state index contributed by atoms with van der Waals surface area (Å²) in [7, 11) is -2.24. The van der Waals surface area contributed by atoms with Crippen LogP contribution in [0.3, 0.4) is 0 Å². The smallest absolute Gasteiger partial charge is 0.234 e. The number of halogens is 2. The molecule has 2 aromatic carbocycles. The number of hydrogen-bond acceptors (Lipinski definition) is 2. The molecule has 1 atom stereocenters. The van der Waals surface area contributed by atoms with Crippen molar-refractivity contribution in [2.24, 2.45) is 0 Å². The first-order chi connectivity index (χ1) is 9.41. The highest BCUT2D eigenvalue weighted by molar-refractivity contribution is 7.71. The number of carbonyl (C=O) groups is 1. The summed E-state index contributed by atoms with van der Waals surface area (Å²) in [6.07, 6.45) is 0. The van der Waals surface area contributed by atoms with Crippen molar-refractivity contribution in [1.29, 1.82) is 0 Å². The molecule has 0 fully saturated rings. The van der Waals surface area contributed by atoms with E-state index in [9.17, 15) is 9.36 Å². The molecule has 0 aromatic heterocycles. The maximum absolute atomic E-state index is 12.5. The monoisotopic (exact) mass is 325 g/mol. The van der Waals surface area contributed by atoms with Crippen molar-refractivity contribution in [3.05, 3.63) is 63.1 Å². The molecule has 0 bridgehead atoms. The second kappa shape index (κ2) is 6.05. The van der Waals surface area contributed by atoms with Crippen LogP contribution in [-0.4, -0.2) is 5.52 Å². The molecule has 0 spiro atoms. The number of rotatable bonds is 3. The molecule has 2 nitrogen and oxygen atoms in total. The molecular formula is C15H12Cl2O2P+. The fourth-order valence-electron chi connectivity index (χ4n) is 1.85. The van der Waals surface area contributed by atoms with Crippen LogP contribution in [0.25, 0.3) is 0 Å². The van der Waals surface area contributed by atoms with Crippen molar-refractivity contribution in [3.63, 3.8) is 0 Å². The van der Waals surface area contributed by atoms with Crippen LogP contribution in [0, 0.1) is 13.8 Å². The predicted octanol–water partition coefficient (Wildman–Crippen LogP) is 4.90. The van der Waals surface area contributed by atoms with E-state index in [0.717, 1.165) is 11.1 Å². The Balaban J connectivity index is 2.49. The van der Waals surface area contributed by atoms with Crippen molar-refractivity contribution >= 4 is 41.8 Å². The average molecular weight is 326 g/mol. The minimum atomic E-state index is -2.24. The predicted molar refractivity (Wildman–Crippen MR) is 83.9 cm³/mol. The van der Waals surface area contributed by atoms with Gasteiger partial charge in [0.25, 0.3) is 0 Å². The summed E-state index contributed by atoms with van der Waals surface area (Å²) in [5.74, 6) is 0. The van der Waals surface area contributed by atoms with Crippen molar-refractivity contribution in [2.45, 2.75) is 13.8 Å². The van der Waals surface area contributed by atoms with Gasteiger partial charge in [-0.1, -0.05) is 46.0 Å². The van der Waals surface area contributed by atoms with E-state index in [2.05, 4.69) is 0 Å². The molecule has 1 unspecified atom stereocenters. The lowest BCUT2D eigenvalue weighted by Gasteiger charge is -2.00. The molecule has 0 radical (unpaired) electrons. The van der Waals surface area contributed by atoms with Crippen LogP contribution < -0.4 is 5.30 Å². The molecular weight excluding hydrogens is 314 g/mol. The molecule has 0 amide bonds. The van der Waals surface area contributed by atoms with Crippen LogP contribution in [0.2, 0.25) is 10.0 Å². The van der Waals surface area contributed by atoms with Crippen LogP contribution in [0.1, 0.15) is 21.5 Å². The third kappa shape index (κ3) is 2.93. The SMILES string of the molecule is Cc1ccc(C)c([P+](=O)C(=O)c2c(Cl)cccc2Cl)c1. The quantitative estimate of drug-likeness (QED) is 0.752. The van der Waals surface area contributed by atoms with E-state index in [1.54, 1.807) is 24.3 Å². The largest absolute Gasteiger partial charge is 0.459 e. The average Bonchev–Trinajstić information content (AvgIpc) is 2.40. The first-order valence-electron chi connectivity index (χ1n) is 5.94. The molecule has 2 rings (SSSR count). The Bertz CT molecular complexity index is 691. The minimum absolute atomic E-state index is 0.123. The molecule has 5 heteroatoms. The zero-order valence-corrected chi connectivity index (χ0v) is 13.4. The minimum Gasteiger partial charge on any atom is -0.234 e. The second-order valence-electron chi connectivity index (χ2n) is 4.49. The number of carbonyl (C=O) groups excluding carboxylic acids is 1. The summed E-state index contributed by atoms with van der Waals surface area (Å²) in [5, 5.41) is 0.966. The Morgan fingerprint density at radius 2 is 1.65 bits per heavy atom. The molecule has 0 aliphatic carbocycles. The summed E-state index contributed by atoms with van der Waals surface area (Å²) in [6.45, 7) is 3.71. The Hall–Kier alpha value is -1.21. The van der Waals surface area contributed by atoms with Crippen LogP contribution in [0.5, 0.6) is 0 Å². The molecule has 102 valence electrons. The highest BCUT2D eigenvalue weighted by atomic mass is 35.5. The molecule has 0 N–H and O–H groups in total. The molecule has 0 saturated heterocycles. The van der Waals surface area contributed by atoms with Gasteiger partial charge in [0.2, 0.25) is 5.30 Å². The van der Waals surface area contributed by atoms with Gasteiger partial charge in [0.05, 0.1) is 10.0 Å². The Kier molecular flexibility index (Phi) is 4.59. The summed E-state index contributed by atoms with van der Waals surface area (Å²) in [4.78, 5) is 12.4. The highest BCUT2D eigenvalue weighted by Gasteiger charge is 2.37. The lowest BCUT2D eigenvalue weighted by Crippen LogP contribution is -2.09. The summed E-state index contributed by atoms with van der Waals surface area (Å²) >= 11 is 12.0. The van der Waals surface area contributed by atoms with E-state index in [-0.39, 0.29) is 15.6 Å². The van der Waals surface area contributed by atoms with E-state index in [1.807, 2.05) is 26.0 Å². The third-order valence-electron chi connectivity index (χ3n) is 2.94. The van der Waals surface area contributed by atoms with Crippen LogP contribution in [-0.2, 0) is 4.57 Å². The summed E-state index contributed by atoms with van der Waals surface area (Å²) < 4.78 is 12.5. The topological polar surface area (TPSA) is 34.1 Å². The molecule has 0 heterocycles. The van der Waals surface area contributed by atoms with Gasteiger partial charge in [0.15, 0.2) is 0 Å². The lowest BCUT2D eigenvalue weighted by atomic mass is 10.2. The van der Waals surface area contributed by atoms with E-state index in [0.29, 0.717) is 5.30 Å². The lowest BCUT2D eigenvalue weighted by molar-refractivity contribution is 0.108. The zero-order chi connectivity index (χ0) is 14.9. The standard InChI is InChI=1S/C15H12Cl2O2P/c1-9-6-7-10(2)13(8-9)20(19)15(18)14-11(16)4-3-5-12(14)17/h3-8H,1-2H3/q+1. The van der Waals surface area contributed by atoms with Crippen LogP contribution in [0.4, 0.5) is 0 Å². The first-order valence-corrected chi connectivity index (χ1v) is 7.96. The van der Waals surface area contributed by atoms with Gasteiger partial charge in [-0.05, 0) is 37.6 Å². The molecule has 0 aliphatic heterocycles. The highest BCUT2D eigenvalue weighted by Crippen LogP contribution is 2.35. The van der Waals surface area contributed by atoms with E-state index < -0.39 is 13.3 Å². The van der Waals surface area contributed by atoms with Gasteiger partial charge in [-0.3, -0.25) is 0 Å². The molecule has 20 heavy (non-hydrogen) atoms. The van der Waals surface area contributed by atoms with E-state index in [1.165, 1.54) is 0 Å². The first kappa shape index (κ1) is 15.2. The molecule has 0 saturated carbocycles. The zero-order valence-electron chi connectivity index (χ0n) is 11.0. The number of benzene rings is 2. The van der Waals surface area contributed by atoms with Gasteiger partial charge in [-0.2, -0.15) is 0 Å². The van der Waals surface area contributed by atoms with Crippen molar-refractivity contribution in [3.8, 4) is 0 Å². The van der Waals surface area contributed by atoms with Gasteiger partial charge >= 0.3 is 13.3 Å². The third-order valence-corrected chi connectivity index (χ3v) is 5.09. The molecule has 0 aliphatic rings. The van der Waals surface area contributed by atoms with Crippen LogP contribution >= 0.6 is 31.0 Å². The van der Waals surface area contributed by atoms with Crippen LogP contribution in [0.15, 0.2) is 36.4 Å². The molecule has 2 aromatic rings. The Morgan fingerprint density at radius 1 is 1.05 bits per heavy atom. The van der Waals surface area contributed by atoms with Crippen molar-refractivity contribution in [1.82, 2.24) is 0 Å². The Labute approximate surface area is 128 Å². The summed E-state index contributed by atoms with van der Waals surface area (Å²) in [6, 6.07) is 10.3. The van der Waals surface area contributed by atoms with Gasteiger partial charge in [0.1, 0.15) is 5.56 Å². The van der Waals surface area contributed by atoms with Gasteiger partial charge < -0.3 is 0 Å². The summed E-state index contributed by atoms with van der Waals surface area (Å²) in [5.41, 5.74) is 1.35. The van der Waals surface area contributed by atoms with Gasteiger partial charge in [-0.15, -0.1) is 0 Å². The van der Waals surface area contributed by atoms with Gasteiger partial charge in [0, 0.05) is 5.56 Å². The van der Waals surface area contributed by atoms with Gasteiger partial charge in [-0.25, -0.2) is 4.79 Å². The number of hydrogen-bond donors (Lipinski definition) is 0. The maximum atomic E-state index is 12.5. The Morgan fingerprint density at radius 3 is 2.25 bits per heavy atom. The second-order valence-corrected chi connectivity index (χ2v) is 6.78. The maximum Gasteiger partial charge on any atom is 0.459 e. The van der Waals surface area contributed by atoms with E-state index in [4.69, 9.17) is 23.2 Å². The van der Waals surface area contributed by atoms with Crippen molar-refractivity contribution < 1.29 is 9.36 Å². The van der Waals surface area contributed by atoms with E-state index >= 15 is 0 Å². The fraction of sp³-hybridized carbons (Fsp3) is 0.133. The number of aryl methyl sites for hydroxylation is 2. The fourth-order valence-corrected chi connectivity index (χ4v) is 3.93.